The molecule has 2 heterocycles. The van der Waals surface area contributed by atoms with Gasteiger partial charge in [-0.25, -0.2) is 9.67 Å². The van der Waals surface area contributed by atoms with Crippen LogP contribution in [0.5, 0.6) is 0 Å². The number of hydrogen-bond acceptors (Lipinski definition) is 4. The highest BCUT2D eigenvalue weighted by Gasteiger charge is 2.24. The molecule has 0 spiro atoms. The predicted molar refractivity (Wildman–Crippen MR) is 78.7 cm³/mol. The van der Waals surface area contributed by atoms with Crippen molar-refractivity contribution in [2.24, 2.45) is 0 Å². The van der Waals surface area contributed by atoms with Crippen LogP contribution >= 0.6 is 0 Å². The van der Waals surface area contributed by atoms with Crippen LogP contribution in [-0.4, -0.2) is 44.8 Å². The number of hydrogen-bond donors (Lipinski definition) is 1. The lowest BCUT2D eigenvalue weighted by atomic mass is 10.1. The highest BCUT2D eigenvalue weighted by atomic mass is 15.3. The van der Waals surface area contributed by atoms with Crippen LogP contribution in [0, 0.1) is 0 Å². The molecule has 1 aromatic carbocycles. The number of nitrogens with one attached hydrogen (secondary N) is 1. The molecule has 1 aliphatic rings. The molecule has 0 amide bonds. The van der Waals surface area contributed by atoms with Crippen LogP contribution < -0.4 is 5.32 Å². The smallest absolute Gasteiger partial charge is 0.138 e. The van der Waals surface area contributed by atoms with Crippen LogP contribution in [0.1, 0.15) is 19.4 Å². The van der Waals surface area contributed by atoms with E-state index < -0.39 is 0 Å². The van der Waals surface area contributed by atoms with Gasteiger partial charge in [0.15, 0.2) is 0 Å². The molecule has 2 atom stereocenters. The summed E-state index contributed by atoms with van der Waals surface area (Å²) in [6, 6.07) is 9.71. The molecule has 0 saturated carbocycles. The van der Waals surface area contributed by atoms with E-state index in [1.807, 2.05) is 0 Å². The maximum absolute atomic E-state index is 4.14. The molecule has 106 valence electrons. The zero-order valence-corrected chi connectivity index (χ0v) is 12.0. The Balaban J connectivity index is 1.71. The summed E-state index contributed by atoms with van der Waals surface area (Å²) >= 11 is 0. The number of rotatable bonds is 3. The summed E-state index contributed by atoms with van der Waals surface area (Å²) in [5.74, 6) is 0. The first-order valence-electron chi connectivity index (χ1n) is 7.14. The minimum Gasteiger partial charge on any atom is -0.314 e. The van der Waals surface area contributed by atoms with E-state index in [1.165, 1.54) is 5.56 Å². The summed E-state index contributed by atoms with van der Waals surface area (Å²) in [4.78, 5) is 6.53. The Kier molecular flexibility index (Phi) is 3.80. The molecule has 0 aliphatic carbocycles. The molecule has 0 bridgehead atoms. The molecule has 1 N–H and O–H groups in total. The van der Waals surface area contributed by atoms with E-state index in [4.69, 9.17) is 0 Å². The van der Waals surface area contributed by atoms with Gasteiger partial charge in [0.1, 0.15) is 12.7 Å². The number of benzene rings is 1. The third-order valence-electron chi connectivity index (χ3n) is 4.00. The maximum atomic E-state index is 4.14. The van der Waals surface area contributed by atoms with Crippen LogP contribution in [0.2, 0.25) is 0 Å². The number of aromatic nitrogens is 3. The Labute approximate surface area is 119 Å². The van der Waals surface area contributed by atoms with E-state index in [0.29, 0.717) is 12.1 Å². The minimum absolute atomic E-state index is 0.578. The van der Waals surface area contributed by atoms with Gasteiger partial charge < -0.3 is 5.32 Å². The number of nitrogens with zero attached hydrogens (tertiary/aromatic N) is 4. The number of piperazine rings is 1. The molecule has 2 aromatic rings. The first kappa shape index (κ1) is 13.3. The molecule has 1 aromatic heterocycles. The Morgan fingerprint density at radius 2 is 1.85 bits per heavy atom. The van der Waals surface area contributed by atoms with Gasteiger partial charge in [-0.1, -0.05) is 12.1 Å². The molecule has 20 heavy (non-hydrogen) atoms. The van der Waals surface area contributed by atoms with Gasteiger partial charge in [0, 0.05) is 31.7 Å². The van der Waals surface area contributed by atoms with Crippen molar-refractivity contribution in [1.29, 1.82) is 0 Å². The van der Waals surface area contributed by atoms with Crippen LogP contribution in [0.3, 0.4) is 0 Å². The molecular formula is C15H21N5. The van der Waals surface area contributed by atoms with E-state index in [0.717, 1.165) is 25.3 Å². The Morgan fingerprint density at radius 3 is 2.45 bits per heavy atom. The van der Waals surface area contributed by atoms with Gasteiger partial charge in [-0.2, -0.15) is 5.10 Å². The fraction of sp³-hybridized carbons (Fsp3) is 0.467. The van der Waals surface area contributed by atoms with Gasteiger partial charge in [0.25, 0.3) is 0 Å². The van der Waals surface area contributed by atoms with Crippen LogP contribution in [-0.2, 0) is 6.54 Å². The largest absolute Gasteiger partial charge is 0.314 e. The lowest BCUT2D eigenvalue weighted by Crippen LogP contribution is -2.54. The standard InChI is InChI=1S/C15H21N5/c1-12-7-16-8-13(2)19(12)9-14-3-5-15(6-4-14)20-11-17-10-18-20/h3-6,10-13,16H,7-9H2,1-2H3/t12-,13+. The zero-order chi connectivity index (χ0) is 13.9. The van der Waals surface area contributed by atoms with Crippen molar-refractivity contribution in [2.75, 3.05) is 13.1 Å². The Hall–Kier alpha value is -1.72. The zero-order valence-electron chi connectivity index (χ0n) is 12.0. The second-order valence-corrected chi connectivity index (χ2v) is 5.54. The first-order chi connectivity index (χ1) is 9.74. The minimum atomic E-state index is 0.578. The van der Waals surface area contributed by atoms with E-state index in [-0.39, 0.29) is 0 Å². The highest BCUT2D eigenvalue weighted by Crippen LogP contribution is 2.16. The monoisotopic (exact) mass is 271 g/mol. The van der Waals surface area contributed by atoms with Gasteiger partial charge >= 0.3 is 0 Å². The van der Waals surface area contributed by atoms with Crippen molar-refractivity contribution >= 4 is 0 Å². The van der Waals surface area contributed by atoms with Gasteiger partial charge in [-0.05, 0) is 31.5 Å². The van der Waals surface area contributed by atoms with Gasteiger partial charge in [-0.3, -0.25) is 4.90 Å². The molecule has 1 aliphatic heterocycles. The van der Waals surface area contributed by atoms with Crippen molar-refractivity contribution in [3.63, 3.8) is 0 Å². The van der Waals surface area contributed by atoms with Crippen molar-refractivity contribution in [2.45, 2.75) is 32.5 Å². The van der Waals surface area contributed by atoms with Crippen LogP contribution in [0.15, 0.2) is 36.9 Å². The van der Waals surface area contributed by atoms with Gasteiger partial charge in [0.05, 0.1) is 5.69 Å². The van der Waals surface area contributed by atoms with Crippen molar-refractivity contribution < 1.29 is 0 Å². The SMILES string of the molecule is C[C@@H]1CNC[C@H](C)N1Cc1ccc(-n2cncn2)cc1. The summed E-state index contributed by atoms with van der Waals surface area (Å²) in [6.07, 6.45) is 3.27. The van der Waals surface area contributed by atoms with Crippen LogP contribution in [0.4, 0.5) is 0 Å². The summed E-state index contributed by atoms with van der Waals surface area (Å²) in [6.45, 7) is 7.71. The van der Waals surface area contributed by atoms with Crippen molar-refractivity contribution in [3.05, 3.63) is 42.5 Å². The highest BCUT2D eigenvalue weighted by molar-refractivity contribution is 5.33. The lowest BCUT2D eigenvalue weighted by Gasteiger charge is -2.39. The summed E-state index contributed by atoms with van der Waals surface area (Å²) in [7, 11) is 0. The van der Waals surface area contributed by atoms with Crippen molar-refractivity contribution in [3.8, 4) is 5.69 Å². The molecule has 0 radical (unpaired) electrons. The van der Waals surface area contributed by atoms with E-state index in [9.17, 15) is 0 Å². The molecule has 0 unspecified atom stereocenters. The summed E-state index contributed by atoms with van der Waals surface area (Å²) in [5.41, 5.74) is 2.39. The summed E-state index contributed by atoms with van der Waals surface area (Å²) in [5, 5.41) is 7.61. The topological polar surface area (TPSA) is 46.0 Å². The Morgan fingerprint density at radius 1 is 1.15 bits per heavy atom. The molecule has 1 saturated heterocycles. The van der Waals surface area contributed by atoms with E-state index in [2.05, 4.69) is 58.4 Å². The van der Waals surface area contributed by atoms with Crippen molar-refractivity contribution in [1.82, 2.24) is 25.0 Å². The average Bonchev–Trinajstić information content (AvgIpc) is 2.98. The summed E-state index contributed by atoms with van der Waals surface area (Å²) < 4.78 is 1.78. The van der Waals surface area contributed by atoms with Gasteiger partial charge in [0.2, 0.25) is 0 Å². The molecule has 5 nitrogen and oxygen atoms in total. The first-order valence-corrected chi connectivity index (χ1v) is 7.14. The quantitative estimate of drug-likeness (QED) is 0.918. The normalized spacial score (nSPS) is 23.9. The molecule has 1 fully saturated rings. The Bertz CT molecular complexity index is 524. The fourth-order valence-electron chi connectivity index (χ4n) is 2.79. The average molecular weight is 271 g/mol. The fourth-order valence-corrected chi connectivity index (χ4v) is 2.79. The van der Waals surface area contributed by atoms with E-state index in [1.54, 1.807) is 17.3 Å². The second-order valence-electron chi connectivity index (χ2n) is 5.54. The van der Waals surface area contributed by atoms with E-state index >= 15 is 0 Å². The third-order valence-corrected chi connectivity index (χ3v) is 4.00. The second kappa shape index (κ2) is 5.73. The van der Waals surface area contributed by atoms with Crippen LogP contribution in [0.25, 0.3) is 5.69 Å². The maximum Gasteiger partial charge on any atom is 0.138 e. The molecular weight excluding hydrogens is 250 g/mol. The third kappa shape index (κ3) is 2.73. The predicted octanol–water partition coefficient (Wildman–Crippen LogP) is 1.45. The molecule has 3 rings (SSSR count). The lowest BCUT2D eigenvalue weighted by molar-refractivity contribution is 0.109. The van der Waals surface area contributed by atoms with Gasteiger partial charge in [-0.15, -0.1) is 0 Å². The molecule has 5 heteroatoms.